The van der Waals surface area contributed by atoms with Crippen molar-refractivity contribution >= 4 is 5.97 Å². The number of carboxylic acids is 1. The van der Waals surface area contributed by atoms with Crippen molar-refractivity contribution in [2.75, 3.05) is 0 Å². The summed E-state index contributed by atoms with van der Waals surface area (Å²) in [5.74, 6) is 0.378. The van der Waals surface area contributed by atoms with Crippen molar-refractivity contribution in [1.82, 2.24) is 0 Å². The van der Waals surface area contributed by atoms with Crippen LogP contribution in [0.4, 0.5) is 0 Å². The van der Waals surface area contributed by atoms with Gasteiger partial charge in [-0.2, -0.15) is 0 Å². The lowest BCUT2D eigenvalue weighted by Crippen LogP contribution is -2.74. The van der Waals surface area contributed by atoms with Gasteiger partial charge in [0.15, 0.2) is 0 Å². The predicted molar refractivity (Wildman–Crippen MR) is 134 cm³/mol. The molecule has 11 atom stereocenters. The van der Waals surface area contributed by atoms with Crippen LogP contribution in [0.2, 0.25) is 0 Å². The first kappa shape index (κ1) is 24.8. The maximum absolute atomic E-state index is 12.8. The fourth-order valence-electron chi connectivity index (χ4n) is 11.0. The van der Waals surface area contributed by atoms with Gasteiger partial charge in [0.2, 0.25) is 0 Å². The average molecular weight is 473 g/mol. The van der Waals surface area contributed by atoms with Gasteiger partial charge < -0.3 is 15.3 Å². The molecule has 0 aromatic carbocycles. The zero-order valence-corrected chi connectivity index (χ0v) is 22.5. The first-order chi connectivity index (χ1) is 15.6. The molecule has 0 heterocycles. The Morgan fingerprint density at radius 1 is 0.912 bits per heavy atom. The molecule has 4 fully saturated rings. The monoisotopic (exact) mass is 472 g/mol. The molecule has 192 valence electrons. The van der Waals surface area contributed by atoms with Gasteiger partial charge in [-0.05, 0) is 91.3 Å². The molecule has 4 nitrogen and oxygen atoms in total. The first-order valence-electron chi connectivity index (χ1n) is 13.9. The van der Waals surface area contributed by atoms with Crippen molar-refractivity contribution in [1.29, 1.82) is 0 Å². The molecule has 0 aromatic rings. The zero-order valence-electron chi connectivity index (χ0n) is 22.5. The van der Waals surface area contributed by atoms with Crippen molar-refractivity contribution in [2.45, 2.75) is 112 Å². The molecule has 0 spiro atoms. The van der Waals surface area contributed by atoms with Crippen LogP contribution in [0.1, 0.15) is 99.8 Å². The molecule has 0 aromatic heterocycles. The molecular weight excluding hydrogens is 424 g/mol. The van der Waals surface area contributed by atoms with E-state index in [9.17, 15) is 20.1 Å². The van der Waals surface area contributed by atoms with Crippen molar-refractivity contribution < 1.29 is 20.1 Å². The van der Waals surface area contributed by atoms with E-state index in [-0.39, 0.29) is 39.6 Å². The summed E-state index contributed by atoms with van der Waals surface area (Å²) in [5, 5.41) is 34.2. The van der Waals surface area contributed by atoms with Gasteiger partial charge >= 0.3 is 5.97 Å². The van der Waals surface area contributed by atoms with Gasteiger partial charge in [0, 0.05) is 11.3 Å². The van der Waals surface area contributed by atoms with Crippen LogP contribution in [0.25, 0.3) is 0 Å². The Morgan fingerprint density at radius 2 is 1.59 bits per heavy atom. The molecule has 3 N–H and O–H groups in total. The summed E-state index contributed by atoms with van der Waals surface area (Å²) in [6.07, 6.45) is 11.1. The number of aliphatic hydroxyl groups excluding tert-OH is 1. The Kier molecular flexibility index (Phi) is 5.20. The van der Waals surface area contributed by atoms with Gasteiger partial charge in [-0.1, -0.05) is 60.6 Å². The van der Waals surface area contributed by atoms with Crippen LogP contribution in [0.5, 0.6) is 0 Å². The van der Waals surface area contributed by atoms with E-state index < -0.39 is 17.0 Å². The highest BCUT2D eigenvalue weighted by Gasteiger charge is 2.75. The molecule has 4 heteroatoms. The molecule has 0 bridgehead atoms. The van der Waals surface area contributed by atoms with Crippen LogP contribution in [0.3, 0.4) is 0 Å². The highest BCUT2D eigenvalue weighted by Crippen LogP contribution is 2.76. The van der Waals surface area contributed by atoms with Crippen LogP contribution in [-0.2, 0) is 4.79 Å². The zero-order chi connectivity index (χ0) is 25.1. The number of hydrogen-bond donors (Lipinski definition) is 3. The van der Waals surface area contributed by atoms with Crippen LogP contribution in [0, 0.1) is 56.7 Å². The lowest BCUT2D eigenvalue weighted by molar-refractivity contribution is -0.277. The summed E-state index contributed by atoms with van der Waals surface area (Å²) < 4.78 is 0. The minimum absolute atomic E-state index is 0.0728. The van der Waals surface area contributed by atoms with E-state index in [1.807, 2.05) is 0 Å². The van der Waals surface area contributed by atoms with Crippen molar-refractivity contribution in [3.63, 3.8) is 0 Å². The lowest BCUT2D eigenvalue weighted by atomic mass is 9.31. The number of aliphatic carboxylic acids is 1. The van der Waals surface area contributed by atoms with E-state index in [1.165, 1.54) is 0 Å². The number of hydrogen-bond acceptors (Lipinski definition) is 3. The maximum atomic E-state index is 12.8. The van der Waals surface area contributed by atoms with Gasteiger partial charge in [0.05, 0.1) is 17.1 Å². The highest BCUT2D eigenvalue weighted by molar-refractivity contribution is 5.76. The number of aliphatic hydroxyl groups is 2. The van der Waals surface area contributed by atoms with Crippen LogP contribution in [0.15, 0.2) is 12.2 Å². The summed E-state index contributed by atoms with van der Waals surface area (Å²) in [6, 6.07) is 0. The summed E-state index contributed by atoms with van der Waals surface area (Å²) in [5.41, 5.74) is -2.46. The quantitative estimate of drug-likeness (QED) is 0.405. The van der Waals surface area contributed by atoms with Gasteiger partial charge in [0.1, 0.15) is 0 Å². The molecule has 0 saturated heterocycles. The summed E-state index contributed by atoms with van der Waals surface area (Å²) >= 11 is 0. The second kappa shape index (κ2) is 7.12. The Labute approximate surface area is 206 Å². The third-order valence-corrected chi connectivity index (χ3v) is 13.6. The van der Waals surface area contributed by atoms with Crippen molar-refractivity contribution in [2.24, 2.45) is 56.7 Å². The molecule has 0 amide bonds. The molecule has 1 unspecified atom stereocenters. The summed E-state index contributed by atoms with van der Waals surface area (Å²) in [7, 11) is 0. The average Bonchev–Trinajstić information content (AvgIpc) is 2.75. The minimum Gasteiger partial charge on any atom is -0.481 e. The normalized spacial score (nSPS) is 58.1. The van der Waals surface area contributed by atoms with Gasteiger partial charge in [-0.15, -0.1) is 0 Å². The Hall–Kier alpha value is -0.870. The van der Waals surface area contributed by atoms with E-state index in [0.29, 0.717) is 30.6 Å². The number of rotatable bonds is 1. The predicted octanol–water partition coefficient (Wildman–Crippen LogP) is 6.06. The van der Waals surface area contributed by atoms with Crippen LogP contribution < -0.4 is 0 Å². The fourth-order valence-corrected chi connectivity index (χ4v) is 11.0. The maximum Gasteiger partial charge on any atom is 0.310 e. The molecule has 0 aliphatic heterocycles. The number of allylic oxidation sites excluding steroid dienone is 1. The third-order valence-electron chi connectivity index (χ3n) is 13.6. The summed E-state index contributed by atoms with van der Waals surface area (Å²) in [6.45, 7) is 16.1. The number of carbonyl (C=O) groups is 1. The molecule has 5 aliphatic carbocycles. The van der Waals surface area contributed by atoms with Gasteiger partial charge in [-0.25, -0.2) is 0 Å². The lowest BCUT2D eigenvalue weighted by Gasteiger charge is -2.74. The van der Waals surface area contributed by atoms with E-state index in [4.69, 9.17) is 0 Å². The molecule has 5 rings (SSSR count). The smallest absolute Gasteiger partial charge is 0.310 e. The third kappa shape index (κ3) is 2.61. The molecule has 0 radical (unpaired) electrons. The second-order valence-corrected chi connectivity index (χ2v) is 14.7. The number of fused-ring (bicyclic) bond motifs is 7. The van der Waals surface area contributed by atoms with E-state index in [2.05, 4.69) is 60.6 Å². The topological polar surface area (TPSA) is 77.8 Å². The molecule has 34 heavy (non-hydrogen) atoms. The van der Waals surface area contributed by atoms with Crippen molar-refractivity contribution in [3.8, 4) is 0 Å². The SMILES string of the molecule is C[C@H]1[C@H](C)CC[C@]2(C(=O)O)CC[C@]3(C)[C@@](O)(C=CC4[C@@]5(C)CC[C@H](O)C(C)(C)[C@H]5CC[C@]43C)[C@H]12. The molecule has 5 aliphatic rings. The number of carboxylic acid groups (broad SMARTS) is 1. The van der Waals surface area contributed by atoms with Crippen molar-refractivity contribution in [3.05, 3.63) is 12.2 Å². The molecule has 4 saturated carbocycles. The second-order valence-electron chi connectivity index (χ2n) is 14.7. The Morgan fingerprint density at radius 3 is 2.24 bits per heavy atom. The minimum atomic E-state index is -1.12. The van der Waals surface area contributed by atoms with Crippen LogP contribution in [-0.4, -0.2) is 33.0 Å². The highest BCUT2D eigenvalue weighted by atomic mass is 16.4. The first-order valence-corrected chi connectivity index (χ1v) is 13.9. The van der Waals surface area contributed by atoms with E-state index in [0.717, 1.165) is 38.5 Å². The summed E-state index contributed by atoms with van der Waals surface area (Å²) in [4.78, 5) is 12.8. The Balaban J connectivity index is 1.66. The van der Waals surface area contributed by atoms with Crippen LogP contribution >= 0.6 is 0 Å². The van der Waals surface area contributed by atoms with E-state index in [1.54, 1.807) is 0 Å². The molecular formula is C30H48O4. The fraction of sp³-hybridized carbons (Fsp3) is 0.900. The largest absolute Gasteiger partial charge is 0.481 e. The Bertz CT molecular complexity index is 909. The van der Waals surface area contributed by atoms with Gasteiger partial charge in [0.25, 0.3) is 0 Å². The van der Waals surface area contributed by atoms with E-state index >= 15 is 0 Å². The standard InChI is InChI=1S/C30H48O4/c1-18-8-14-29(24(32)33)17-16-28(7)27(6)13-9-20-25(3,4)22(31)11-12-26(20,5)21(27)10-15-30(28,34)23(29)19(18)2/h10,15,18-23,31,34H,8-9,11-14,16-17H2,1-7H3,(H,32,33)/t18-,19+,20-,21?,22+,23-,26+,27-,28+,29+,30-/m1/s1. The van der Waals surface area contributed by atoms with Gasteiger partial charge in [-0.3, -0.25) is 4.79 Å².